The van der Waals surface area contributed by atoms with E-state index < -0.39 is 0 Å². The van der Waals surface area contributed by atoms with Gasteiger partial charge in [0, 0.05) is 42.1 Å². The number of ketones is 1. The van der Waals surface area contributed by atoms with Crippen molar-refractivity contribution in [1.29, 1.82) is 5.41 Å². The Balaban J connectivity index is 1.70. The zero-order valence-electron chi connectivity index (χ0n) is 14.5. The molecule has 0 radical (unpaired) electrons. The number of fused-ring (bicyclic) bond motifs is 1. The number of allylic oxidation sites excluding steroid dienone is 1. The van der Waals surface area contributed by atoms with Crippen LogP contribution in [0.4, 0.5) is 11.5 Å². The minimum Gasteiger partial charge on any atom is -0.497 e. The van der Waals surface area contributed by atoms with Crippen LogP contribution in [0.15, 0.2) is 47.8 Å². The molecule has 0 bridgehead atoms. The van der Waals surface area contributed by atoms with E-state index in [2.05, 4.69) is 10.3 Å². The van der Waals surface area contributed by atoms with Crippen LogP contribution in [0.25, 0.3) is 0 Å². The van der Waals surface area contributed by atoms with Crippen molar-refractivity contribution >= 4 is 23.1 Å². The highest BCUT2D eigenvalue weighted by Crippen LogP contribution is 2.34. The molecular weight excluding hydrogens is 332 g/mol. The standard InChI is InChI=1S/C19H18N4O3/c1-25-13-7-12(8-14(9-13)26-2)23-10-16(24)17(18(23)20)15-6-11-4-3-5-21-19(11)22-15/h3-5,7-9,20H,6,10H2,1-2H3,(H,21,22). The molecule has 0 amide bonds. The molecule has 1 aromatic heterocycles. The Morgan fingerprint density at radius 2 is 1.92 bits per heavy atom. The van der Waals surface area contributed by atoms with Gasteiger partial charge in [0.15, 0.2) is 5.78 Å². The van der Waals surface area contributed by atoms with Crippen LogP contribution in [-0.4, -0.2) is 37.4 Å². The van der Waals surface area contributed by atoms with Crippen molar-refractivity contribution in [2.75, 3.05) is 31.0 Å². The van der Waals surface area contributed by atoms with Crippen molar-refractivity contribution in [2.24, 2.45) is 0 Å². The van der Waals surface area contributed by atoms with Crippen LogP contribution in [-0.2, 0) is 11.2 Å². The number of nitrogens with one attached hydrogen (secondary N) is 2. The fourth-order valence-corrected chi connectivity index (χ4v) is 3.27. The molecule has 1 fully saturated rings. The van der Waals surface area contributed by atoms with Crippen molar-refractivity contribution in [2.45, 2.75) is 6.42 Å². The summed E-state index contributed by atoms with van der Waals surface area (Å²) in [6.07, 6.45) is 2.28. The van der Waals surface area contributed by atoms with Crippen LogP contribution in [0.1, 0.15) is 5.56 Å². The van der Waals surface area contributed by atoms with E-state index in [4.69, 9.17) is 14.9 Å². The normalized spacial score (nSPS) is 18.8. The first kappa shape index (κ1) is 16.1. The Hall–Kier alpha value is -3.35. The number of benzene rings is 1. The second-order valence-corrected chi connectivity index (χ2v) is 6.10. The zero-order valence-corrected chi connectivity index (χ0v) is 14.5. The van der Waals surface area contributed by atoms with E-state index in [1.807, 2.05) is 12.1 Å². The Bertz CT molecular complexity index is 902. The SMILES string of the molecule is COc1cc(OC)cc(N2CC(=O)C(=C3Cc4cccnc4N3)C2=N)c1. The van der Waals surface area contributed by atoms with Gasteiger partial charge in [-0.05, 0) is 6.07 Å². The largest absolute Gasteiger partial charge is 0.497 e. The molecule has 7 nitrogen and oxygen atoms in total. The summed E-state index contributed by atoms with van der Waals surface area (Å²) in [7, 11) is 3.14. The Morgan fingerprint density at radius 3 is 2.58 bits per heavy atom. The van der Waals surface area contributed by atoms with Crippen LogP contribution >= 0.6 is 0 Å². The van der Waals surface area contributed by atoms with Crippen LogP contribution in [0.2, 0.25) is 0 Å². The average molecular weight is 350 g/mol. The molecular formula is C19H18N4O3. The highest BCUT2D eigenvalue weighted by atomic mass is 16.5. The highest BCUT2D eigenvalue weighted by Gasteiger charge is 2.36. The number of aromatic nitrogens is 1. The number of hydrogen-bond acceptors (Lipinski definition) is 6. The van der Waals surface area contributed by atoms with Gasteiger partial charge in [0.1, 0.15) is 23.2 Å². The number of nitrogens with zero attached hydrogens (tertiary/aromatic N) is 2. The third-order valence-electron chi connectivity index (χ3n) is 4.56. The molecule has 0 unspecified atom stereocenters. The summed E-state index contributed by atoms with van der Waals surface area (Å²) < 4.78 is 10.6. The number of pyridine rings is 1. The maximum atomic E-state index is 12.7. The molecule has 0 aliphatic carbocycles. The molecule has 26 heavy (non-hydrogen) atoms. The quantitative estimate of drug-likeness (QED) is 0.827. The van der Waals surface area contributed by atoms with Gasteiger partial charge >= 0.3 is 0 Å². The fraction of sp³-hybridized carbons (Fsp3) is 0.211. The Kier molecular flexibility index (Phi) is 3.84. The zero-order chi connectivity index (χ0) is 18.3. The van der Waals surface area contributed by atoms with E-state index in [0.717, 1.165) is 17.1 Å². The van der Waals surface area contributed by atoms with Gasteiger partial charge in [0.25, 0.3) is 0 Å². The van der Waals surface area contributed by atoms with Gasteiger partial charge in [-0.15, -0.1) is 0 Å². The number of carbonyl (C=O) groups excluding carboxylic acids is 1. The first-order valence-corrected chi connectivity index (χ1v) is 8.17. The molecule has 1 saturated heterocycles. The van der Waals surface area contributed by atoms with Gasteiger partial charge < -0.3 is 19.7 Å². The lowest BCUT2D eigenvalue weighted by molar-refractivity contribution is -0.113. The van der Waals surface area contributed by atoms with Gasteiger partial charge in [0.05, 0.1) is 32.0 Å². The third kappa shape index (κ3) is 2.57. The molecule has 4 rings (SSSR count). The summed E-state index contributed by atoms with van der Waals surface area (Å²) in [5.41, 5.74) is 2.84. The maximum absolute atomic E-state index is 12.7. The number of carbonyl (C=O) groups is 1. The molecule has 3 heterocycles. The summed E-state index contributed by atoms with van der Waals surface area (Å²) >= 11 is 0. The number of Topliss-reactive ketones (excluding diaryl/α,β-unsaturated/α-hetero) is 1. The minimum atomic E-state index is -0.0907. The first-order valence-electron chi connectivity index (χ1n) is 8.17. The minimum absolute atomic E-state index is 0.0907. The highest BCUT2D eigenvalue weighted by molar-refractivity contribution is 6.33. The number of anilines is 2. The van der Waals surface area contributed by atoms with E-state index in [1.54, 1.807) is 43.5 Å². The number of amidine groups is 1. The smallest absolute Gasteiger partial charge is 0.188 e. The maximum Gasteiger partial charge on any atom is 0.188 e. The first-order chi connectivity index (χ1) is 12.6. The number of methoxy groups -OCH3 is 2. The lowest BCUT2D eigenvalue weighted by atomic mass is 10.1. The van der Waals surface area contributed by atoms with E-state index >= 15 is 0 Å². The van der Waals surface area contributed by atoms with Crippen LogP contribution in [0.5, 0.6) is 11.5 Å². The van der Waals surface area contributed by atoms with Gasteiger partial charge in [-0.2, -0.15) is 0 Å². The van der Waals surface area contributed by atoms with Crippen LogP contribution < -0.4 is 19.7 Å². The fourth-order valence-electron chi connectivity index (χ4n) is 3.27. The molecule has 1 aromatic carbocycles. The Labute approximate surface area is 150 Å². The molecule has 2 aliphatic heterocycles. The van der Waals surface area contributed by atoms with E-state index in [9.17, 15) is 4.79 Å². The monoisotopic (exact) mass is 350 g/mol. The summed E-state index contributed by atoms with van der Waals surface area (Å²) in [5, 5.41) is 11.7. The second kappa shape index (κ2) is 6.18. The molecule has 2 aliphatic rings. The number of rotatable bonds is 3. The lowest BCUT2D eigenvalue weighted by Crippen LogP contribution is -2.24. The van der Waals surface area contributed by atoms with Crippen molar-refractivity contribution in [3.8, 4) is 11.5 Å². The molecule has 132 valence electrons. The van der Waals surface area contributed by atoms with Crippen molar-refractivity contribution < 1.29 is 14.3 Å². The van der Waals surface area contributed by atoms with E-state index in [-0.39, 0.29) is 18.2 Å². The molecule has 0 spiro atoms. The predicted molar refractivity (Wildman–Crippen MR) is 98.2 cm³/mol. The summed E-state index contributed by atoms with van der Waals surface area (Å²) in [6.45, 7) is 0.111. The van der Waals surface area contributed by atoms with E-state index in [0.29, 0.717) is 29.2 Å². The van der Waals surface area contributed by atoms with E-state index in [1.165, 1.54) is 0 Å². The average Bonchev–Trinajstić information content (AvgIpc) is 3.21. The lowest BCUT2D eigenvalue weighted by Gasteiger charge is -2.19. The topological polar surface area (TPSA) is 87.5 Å². The van der Waals surface area contributed by atoms with Gasteiger partial charge in [0.2, 0.25) is 0 Å². The van der Waals surface area contributed by atoms with Gasteiger partial charge in [-0.1, -0.05) is 6.07 Å². The predicted octanol–water partition coefficient (Wildman–Crippen LogP) is 2.39. The van der Waals surface area contributed by atoms with Crippen LogP contribution in [0, 0.1) is 5.41 Å². The van der Waals surface area contributed by atoms with Gasteiger partial charge in [-0.25, -0.2) is 4.98 Å². The van der Waals surface area contributed by atoms with Crippen molar-refractivity contribution in [3.05, 3.63) is 53.4 Å². The molecule has 2 N–H and O–H groups in total. The number of hydrogen-bond donors (Lipinski definition) is 2. The summed E-state index contributed by atoms with van der Waals surface area (Å²) in [6, 6.07) is 9.17. The van der Waals surface area contributed by atoms with Crippen molar-refractivity contribution in [3.63, 3.8) is 0 Å². The molecule has 0 atom stereocenters. The number of ether oxygens (including phenoxy) is 2. The van der Waals surface area contributed by atoms with Crippen LogP contribution in [0.3, 0.4) is 0 Å². The molecule has 2 aromatic rings. The van der Waals surface area contributed by atoms with Gasteiger partial charge in [-0.3, -0.25) is 10.2 Å². The Morgan fingerprint density at radius 1 is 1.19 bits per heavy atom. The van der Waals surface area contributed by atoms with Crippen molar-refractivity contribution in [1.82, 2.24) is 4.98 Å². The molecule has 7 heteroatoms. The third-order valence-corrected chi connectivity index (χ3v) is 4.56. The summed E-state index contributed by atoms with van der Waals surface area (Å²) in [4.78, 5) is 18.6. The summed E-state index contributed by atoms with van der Waals surface area (Å²) in [5.74, 6) is 2.04. The second-order valence-electron chi connectivity index (χ2n) is 6.10. The molecule has 0 saturated carbocycles.